The van der Waals surface area contributed by atoms with E-state index in [1.165, 1.54) is 16.5 Å². The molecule has 0 amide bonds. The van der Waals surface area contributed by atoms with Gasteiger partial charge in [0.1, 0.15) is 0 Å². The maximum absolute atomic E-state index is 4.90. The first-order valence-corrected chi connectivity index (χ1v) is 9.55. The van der Waals surface area contributed by atoms with E-state index in [0.717, 1.165) is 36.0 Å². The standard InChI is InChI=1S/C21H21BrN3/c22-18-7-5-16(6-8-18)19(21-14-23-10-11-25-21)12-15-3-4-17-2-1-9-24-20(17)13-15/h1-9,13,19,21,23H,10-12,14H2. The summed E-state index contributed by atoms with van der Waals surface area (Å²) in [5.41, 5.74) is 3.73. The van der Waals surface area contributed by atoms with E-state index in [1.807, 2.05) is 12.3 Å². The van der Waals surface area contributed by atoms with Crippen LogP contribution in [0.25, 0.3) is 10.9 Å². The van der Waals surface area contributed by atoms with Crippen LogP contribution in [-0.4, -0.2) is 30.7 Å². The van der Waals surface area contributed by atoms with Crippen molar-refractivity contribution in [2.24, 2.45) is 0 Å². The molecule has 2 heterocycles. The average molecular weight is 395 g/mol. The lowest BCUT2D eigenvalue weighted by atomic mass is 9.85. The van der Waals surface area contributed by atoms with Crippen molar-refractivity contribution in [3.63, 3.8) is 0 Å². The van der Waals surface area contributed by atoms with Gasteiger partial charge in [-0.3, -0.25) is 4.98 Å². The van der Waals surface area contributed by atoms with E-state index in [4.69, 9.17) is 5.32 Å². The second-order valence-electron chi connectivity index (χ2n) is 6.57. The van der Waals surface area contributed by atoms with Crippen LogP contribution in [0.2, 0.25) is 0 Å². The van der Waals surface area contributed by atoms with Crippen molar-refractivity contribution >= 4 is 26.8 Å². The molecule has 2 unspecified atom stereocenters. The van der Waals surface area contributed by atoms with Gasteiger partial charge in [-0.1, -0.05) is 46.3 Å². The van der Waals surface area contributed by atoms with Gasteiger partial charge in [0.25, 0.3) is 0 Å². The van der Waals surface area contributed by atoms with Crippen molar-refractivity contribution in [3.8, 4) is 0 Å². The Hall–Kier alpha value is -1.75. The van der Waals surface area contributed by atoms with Crippen molar-refractivity contribution in [2.45, 2.75) is 18.4 Å². The number of piperazine rings is 1. The first kappa shape index (κ1) is 16.7. The second-order valence-corrected chi connectivity index (χ2v) is 7.49. The number of hydrogen-bond donors (Lipinski definition) is 1. The quantitative estimate of drug-likeness (QED) is 0.728. The summed E-state index contributed by atoms with van der Waals surface area (Å²) < 4.78 is 1.11. The van der Waals surface area contributed by atoms with Crippen LogP contribution in [0.4, 0.5) is 0 Å². The molecule has 1 radical (unpaired) electrons. The number of pyridine rings is 1. The Morgan fingerprint density at radius 1 is 1.12 bits per heavy atom. The molecule has 1 aliphatic rings. The molecule has 1 fully saturated rings. The van der Waals surface area contributed by atoms with Crippen molar-refractivity contribution in [1.29, 1.82) is 0 Å². The van der Waals surface area contributed by atoms with Crippen LogP contribution in [0.5, 0.6) is 0 Å². The number of aromatic nitrogens is 1. The fraction of sp³-hybridized carbons (Fsp3) is 0.286. The van der Waals surface area contributed by atoms with Gasteiger partial charge in [-0.15, -0.1) is 0 Å². The number of hydrogen-bond acceptors (Lipinski definition) is 2. The Kier molecular flexibility index (Phi) is 5.11. The first-order valence-electron chi connectivity index (χ1n) is 8.76. The molecular formula is C21H21BrN3. The summed E-state index contributed by atoms with van der Waals surface area (Å²) in [6.07, 6.45) is 2.84. The number of fused-ring (bicyclic) bond motifs is 1. The van der Waals surface area contributed by atoms with Crippen LogP contribution in [0.3, 0.4) is 0 Å². The molecule has 1 aromatic heterocycles. The fourth-order valence-corrected chi connectivity index (χ4v) is 3.84. The number of halogens is 1. The lowest BCUT2D eigenvalue weighted by Crippen LogP contribution is -2.47. The molecule has 0 bridgehead atoms. The summed E-state index contributed by atoms with van der Waals surface area (Å²) in [5.74, 6) is 0.377. The van der Waals surface area contributed by atoms with Crippen LogP contribution in [0.1, 0.15) is 17.0 Å². The third-order valence-corrected chi connectivity index (χ3v) is 5.42. The molecule has 127 valence electrons. The third kappa shape index (κ3) is 3.92. The SMILES string of the molecule is Brc1ccc(C(Cc2ccc3cccnc3c2)C2CNCC[N]2)cc1. The topological polar surface area (TPSA) is 39.0 Å². The monoisotopic (exact) mass is 394 g/mol. The van der Waals surface area contributed by atoms with Gasteiger partial charge >= 0.3 is 0 Å². The summed E-state index contributed by atoms with van der Waals surface area (Å²) in [7, 11) is 0. The minimum absolute atomic E-state index is 0.314. The van der Waals surface area contributed by atoms with Gasteiger partial charge in [-0.05, 0) is 41.8 Å². The summed E-state index contributed by atoms with van der Waals surface area (Å²) >= 11 is 3.54. The lowest BCUT2D eigenvalue weighted by Gasteiger charge is -2.31. The fourth-order valence-electron chi connectivity index (χ4n) is 3.57. The molecule has 4 heteroatoms. The summed E-state index contributed by atoms with van der Waals surface area (Å²) in [6, 6.07) is 19.7. The molecule has 1 N–H and O–H groups in total. The Morgan fingerprint density at radius 2 is 2.00 bits per heavy atom. The van der Waals surface area contributed by atoms with Crippen molar-refractivity contribution in [1.82, 2.24) is 15.6 Å². The highest BCUT2D eigenvalue weighted by Gasteiger charge is 2.26. The average Bonchev–Trinajstić information content (AvgIpc) is 2.67. The Bertz CT molecular complexity index is 841. The van der Waals surface area contributed by atoms with Gasteiger partial charge in [0, 0.05) is 47.6 Å². The molecule has 1 saturated heterocycles. The highest BCUT2D eigenvalue weighted by Crippen LogP contribution is 2.28. The first-order chi connectivity index (χ1) is 12.3. The summed E-state index contributed by atoms with van der Waals surface area (Å²) in [6.45, 7) is 2.84. The molecule has 2 atom stereocenters. The van der Waals surface area contributed by atoms with Crippen molar-refractivity contribution in [3.05, 3.63) is 76.4 Å². The molecule has 3 aromatic rings. The minimum Gasteiger partial charge on any atom is -0.314 e. The predicted octanol–water partition coefficient (Wildman–Crippen LogP) is 3.90. The zero-order chi connectivity index (χ0) is 17.1. The number of benzene rings is 2. The molecule has 4 rings (SSSR count). The van der Waals surface area contributed by atoms with E-state index in [1.54, 1.807) is 0 Å². The number of rotatable bonds is 4. The van der Waals surface area contributed by atoms with E-state index in [9.17, 15) is 0 Å². The van der Waals surface area contributed by atoms with Crippen LogP contribution < -0.4 is 10.6 Å². The summed E-state index contributed by atoms with van der Waals surface area (Å²) in [5, 5.41) is 9.58. The largest absolute Gasteiger partial charge is 0.314 e. The van der Waals surface area contributed by atoms with Gasteiger partial charge < -0.3 is 5.32 Å². The van der Waals surface area contributed by atoms with Crippen molar-refractivity contribution < 1.29 is 0 Å². The highest BCUT2D eigenvalue weighted by atomic mass is 79.9. The minimum atomic E-state index is 0.314. The van der Waals surface area contributed by atoms with Crippen LogP contribution in [-0.2, 0) is 6.42 Å². The van der Waals surface area contributed by atoms with Crippen LogP contribution >= 0.6 is 15.9 Å². The smallest absolute Gasteiger partial charge is 0.0704 e. The van der Waals surface area contributed by atoms with E-state index >= 15 is 0 Å². The Morgan fingerprint density at radius 3 is 2.80 bits per heavy atom. The van der Waals surface area contributed by atoms with E-state index < -0.39 is 0 Å². The lowest BCUT2D eigenvalue weighted by molar-refractivity contribution is 0.357. The van der Waals surface area contributed by atoms with Gasteiger partial charge in [0.2, 0.25) is 0 Å². The van der Waals surface area contributed by atoms with Gasteiger partial charge in [-0.2, -0.15) is 0 Å². The van der Waals surface area contributed by atoms with Gasteiger partial charge in [-0.25, -0.2) is 5.32 Å². The summed E-state index contributed by atoms with van der Waals surface area (Å²) in [4.78, 5) is 4.50. The van der Waals surface area contributed by atoms with Gasteiger partial charge in [0.15, 0.2) is 0 Å². The Balaban J connectivity index is 1.65. The molecular weight excluding hydrogens is 374 g/mol. The third-order valence-electron chi connectivity index (χ3n) is 4.89. The van der Waals surface area contributed by atoms with E-state index in [2.05, 4.69) is 74.8 Å². The predicted molar refractivity (Wildman–Crippen MR) is 106 cm³/mol. The van der Waals surface area contributed by atoms with Crippen LogP contribution in [0, 0.1) is 0 Å². The van der Waals surface area contributed by atoms with Gasteiger partial charge in [0.05, 0.1) is 5.52 Å². The number of nitrogens with zero attached hydrogens (tertiary/aromatic N) is 2. The maximum Gasteiger partial charge on any atom is 0.0704 e. The normalized spacial score (nSPS) is 19.0. The molecule has 3 nitrogen and oxygen atoms in total. The Labute approximate surface area is 157 Å². The molecule has 2 aromatic carbocycles. The van der Waals surface area contributed by atoms with E-state index in [0.29, 0.717) is 12.0 Å². The number of nitrogens with one attached hydrogen (secondary N) is 1. The molecule has 1 aliphatic heterocycles. The highest BCUT2D eigenvalue weighted by molar-refractivity contribution is 9.10. The maximum atomic E-state index is 4.90. The molecule has 25 heavy (non-hydrogen) atoms. The van der Waals surface area contributed by atoms with Crippen LogP contribution in [0.15, 0.2) is 65.3 Å². The molecule has 0 saturated carbocycles. The second kappa shape index (κ2) is 7.65. The zero-order valence-corrected chi connectivity index (χ0v) is 15.6. The zero-order valence-electron chi connectivity index (χ0n) is 14.0. The molecule has 0 spiro atoms. The van der Waals surface area contributed by atoms with Crippen molar-refractivity contribution in [2.75, 3.05) is 19.6 Å². The van der Waals surface area contributed by atoms with E-state index in [-0.39, 0.29) is 0 Å². The molecule has 0 aliphatic carbocycles.